The lowest BCUT2D eigenvalue weighted by molar-refractivity contribution is 0.331. The maximum Gasteiger partial charge on any atom is 0.249 e. The molecule has 3 rings (SSSR count). The molecule has 0 saturated heterocycles. The van der Waals surface area contributed by atoms with Gasteiger partial charge in [0, 0.05) is 5.69 Å². The molecule has 2 N–H and O–H groups in total. The fraction of sp³-hybridized carbons (Fsp3) is 0.167. The van der Waals surface area contributed by atoms with E-state index < -0.39 is 0 Å². The zero-order valence-electron chi connectivity index (χ0n) is 13.8. The topological polar surface area (TPSA) is 81.2 Å². The van der Waals surface area contributed by atoms with Crippen LogP contribution in [-0.4, -0.2) is 35.4 Å². The number of nitrogens with zero attached hydrogens (tertiary/aromatic N) is 3. The van der Waals surface area contributed by atoms with Gasteiger partial charge in [0.05, 0.1) is 19.9 Å². The largest absolute Gasteiger partial charge is 0.497 e. The van der Waals surface area contributed by atoms with Crippen molar-refractivity contribution in [1.29, 1.82) is 0 Å². The number of para-hydroxylation sites is 1. The fourth-order valence-electron chi connectivity index (χ4n) is 2.11. The fourth-order valence-corrected chi connectivity index (χ4v) is 2.11. The summed E-state index contributed by atoms with van der Waals surface area (Å²) in [6.07, 6.45) is 1.57. The molecule has 7 nitrogen and oxygen atoms in total. The number of hydrogen-bond acceptors (Lipinski definition) is 7. The summed E-state index contributed by atoms with van der Waals surface area (Å²) in [5.41, 5.74) is 0.907. The van der Waals surface area contributed by atoms with Gasteiger partial charge in [-0.25, -0.2) is 0 Å². The van der Waals surface area contributed by atoms with Crippen molar-refractivity contribution in [3.05, 3.63) is 60.8 Å². The first-order chi connectivity index (χ1) is 12.3. The third kappa shape index (κ3) is 5.07. The zero-order valence-corrected chi connectivity index (χ0v) is 13.8. The normalized spacial score (nSPS) is 10.1. The van der Waals surface area contributed by atoms with Gasteiger partial charge >= 0.3 is 0 Å². The molecule has 0 aliphatic rings. The molecule has 0 spiro atoms. The molecule has 2 aromatic carbocycles. The smallest absolute Gasteiger partial charge is 0.249 e. The zero-order chi connectivity index (χ0) is 17.3. The van der Waals surface area contributed by atoms with Crippen molar-refractivity contribution in [2.45, 2.75) is 0 Å². The predicted octanol–water partition coefficient (Wildman–Crippen LogP) is 3.11. The number of anilines is 3. The Bertz CT molecular complexity index is 781. The summed E-state index contributed by atoms with van der Waals surface area (Å²) in [7, 11) is 1.64. The van der Waals surface area contributed by atoms with E-state index in [1.807, 2.05) is 54.6 Å². The molecule has 0 bridgehead atoms. The van der Waals surface area contributed by atoms with E-state index in [9.17, 15) is 0 Å². The number of aromatic nitrogens is 3. The van der Waals surface area contributed by atoms with Gasteiger partial charge in [0.15, 0.2) is 5.82 Å². The number of hydrogen-bond donors (Lipinski definition) is 2. The minimum absolute atomic E-state index is 0.437. The van der Waals surface area contributed by atoms with Crippen LogP contribution < -0.4 is 20.1 Å². The molecule has 0 aliphatic heterocycles. The summed E-state index contributed by atoms with van der Waals surface area (Å²) in [5.74, 6) is 2.66. The van der Waals surface area contributed by atoms with E-state index in [0.717, 1.165) is 17.2 Å². The average molecular weight is 337 g/mol. The highest BCUT2D eigenvalue weighted by atomic mass is 16.5. The van der Waals surface area contributed by atoms with Crippen LogP contribution in [0, 0.1) is 0 Å². The first-order valence-corrected chi connectivity index (χ1v) is 7.86. The first-order valence-electron chi connectivity index (χ1n) is 7.86. The predicted molar refractivity (Wildman–Crippen MR) is 96.5 cm³/mol. The summed E-state index contributed by atoms with van der Waals surface area (Å²) in [6, 6.07) is 17.2. The Hall–Kier alpha value is -3.35. The summed E-state index contributed by atoms with van der Waals surface area (Å²) in [6.45, 7) is 1.09. The second-order valence-electron chi connectivity index (χ2n) is 5.11. The molecule has 0 unspecified atom stereocenters. The van der Waals surface area contributed by atoms with Crippen LogP contribution in [0.3, 0.4) is 0 Å². The number of methoxy groups -OCH3 is 1. The second-order valence-corrected chi connectivity index (χ2v) is 5.11. The number of nitrogens with one attached hydrogen (secondary N) is 2. The molecule has 1 heterocycles. The Morgan fingerprint density at radius 1 is 0.960 bits per heavy atom. The van der Waals surface area contributed by atoms with Crippen molar-refractivity contribution in [3.8, 4) is 11.5 Å². The minimum Gasteiger partial charge on any atom is -0.497 e. The first kappa shape index (κ1) is 16.5. The molecule has 0 amide bonds. The molecule has 3 aromatic rings. The lowest BCUT2D eigenvalue weighted by Gasteiger charge is -2.09. The van der Waals surface area contributed by atoms with Crippen molar-refractivity contribution < 1.29 is 9.47 Å². The number of rotatable bonds is 8. The third-order valence-corrected chi connectivity index (χ3v) is 3.33. The highest BCUT2D eigenvalue weighted by Gasteiger charge is 2.01. The Morgan fingerprint density at radius 3 is 2.48 bits per heavy atom. The van der Waals surface area contributed by atoms with E-state index in [4.69, 9.17) is 9.47 Å². The van der Waals surface area contributed by atoms with Crippen molar-refractivity contribution in [2.24, 2.45) is 0 Å². The van der Waals surface area contributed by atoms with E-state index in [1.54, 1.807) is 13.3 Å². The molecule has 0 fully saturated rings. The van der Waals surface area contributed by atoms with Gasteiger partial charge in [0.25, 0.3) is 0 Å². The Balaban J connectivity index is 1.47. The average Bonchev–Trinajstić information content (AvgIpc) is 2.67. The van der Waals surface area contributed by atoms with E-state index in [-0.39, 0.29) is 0 Å². The van der Waals surface area contributed by atoms with Gasteiger partial charge in [-0.05, 0) is 36.4 Å². The van der Waals surface area contributed by atoms with Gasteiger partial charge in [0.1, 0.15) is 18.1 Å². The lowest BCUT2D eigenvalue weighted by Crippen LogP contribution is -2.13. The second kappa shape index (κ2) is 8.49. The Labute approximate surface area is 146 Å². The van der Waals surface area contributed by atoms with Crippen LogP contribution in [0.25, 0.3) is 0 Å². The molecule has 1 aromatic heterocycles. The standard InChI is InChI=1S/C18H19N5O2/c1-24-15-7-9-16(10-8-15)25-12-11-19-17-13-20-23-18(22-17)21-14-5-3-2-4-6-14/h2-10,13H,11-12H2,1H3,(H2,19,21,22,23). The Morgan fingerprint density at radius 2 is 1.72 bits per heavy atom. The minimum atomic E-state index is 0.437. The lowest BCUT2D eigenvalue weighted by atomic mass is 10.3. The monoisotopic (exact) mass is 337 g/mol. The van der Waals surface area contributed by atoms with Gasteiger partial charge in [0.2, 0.25) is 5.95 Å². The molecule has 25 heavy (non-hydrogen) atoms. The van der Waals surface area contributed by atoms with Crippen molar-refractivity contribution in [1.82, 2.24) is 15.2 Å². The molecule has 0 atom stereocenters. The quantitative estimate of drug-likeness (QED) is 0.611. The molecular weight excluding hydrogens is 318 g/mol. The third-order valence-electron chi connectivity index (χ3n) is 3.33. The number of benzene rings is 2. The van der Waals surface area contributed by atoms with Gasteiger partial charge in [-0.3, -0.25) is 0 Å². The van der Waals surface area contributed by atoms with Gasteiger partial charge in [-0.2, -0.15) is 10.1 Å². The van der Waals surface area contributed by atoms with Crippen LogP contribution in [0.2, 0.25) is 0 Å². The van der Waals surface area contributed by atoms with Crippen LogP contribution in [0.15, 0.2) is 60.8 Å². The maximum atomic E-state index is 5.66. The summed E-state index contributed by atoms with van der Waals surface area (Å²) >= 11 is 0. The van der Waals surface area contributed by atoms with Crippen LogP contribution in [0.1, 0.15) is 0 Å². The molecule has 7 heteroatoms. The highest BCUT2D eigenvalue weighted by Crippen LogP contribution is 2.17. The molecular formula is C18H19N5O2. The maximum absolute atomic E-state index is 5.66. The van der Waals surface area contributed by atoms with Crippen LogP contribution in [-0.2, 0) is 0 Å². The van der Waals surface area contributed by atoms with E-state index in [0.29, 0.717) is 24.9 Å². The van der Waals surface area contributed by atoms with Gasteiger partial charge < -0.3 is 20.1 Å². The van der Waals surface area contributed by atoms with E-state index in [2.05, 4.69) is 25.8 Å². The SMILES string of the molecule is COc1ccc(OCCNc2cnnc(Nc3ccccc3)n2)cc1. The van der Waals surface area contributed by atoms with Crippen LogP contribution >= 0.6 is 0 Å². The van der Waals surface area contributed by atoms with Crippen LogP contribution in [0.4, 0.5) is 17.5 Å². The highest BCUT2D eigenvalue weighted by molar-refractivity contribution is 5.53. The van der Waals surface area contributed by atoms with Crippen molar-refractivity contribution >= 4 is 17.5 Å². The molecule has 0 saturated carbocycles. The summed E-state index contributed by atoms with van der Waals surface area (Å²) in [5, 5.41) is 14.2. The molecule has 0 aliphatic carbocycles. The van der Waals surface area contributed by atoms with E-state index >= 15 is 0 Å². The number of ether oxygens (including phenoxy) is 2. The van der Waals surface area contributed by atoms with E-state index in [1.165, 1.54) is 0 Å². The van der Waals surface area contributed by atoms with Crippen molar-refractivity contribution in [2.75, 3.05) is 30.9 Å². The summed E-state index contributed by atoms with van der Waals surface area (Å²) in [4.78, 5) is 4.37. The van der Waals surface area contributed by atoms with Crippen LogP contribution in [0.5, 0.6) is 11.5 Å². The molecule has 128 valence electrons. The van der Waals surface area contributed by atoms with Gasteiger partial charge in [-0.15, -0.1) is 5.10 Å². The van der Waals surface area contributed by atoms with Gasteiger partial charge in [-0.1, -0.05) is 18.2 Å². The summed E-state index contributed by atoms with van der Waals surface area (Å²) < 4.78 is 10.8. The molecule has 0 radical (unpaired) electrons. The Kier molecular flexibility index (Phi) is 5.60. The van der Waals surface area contributed by atoms with Crippen molar-refractivity contribution in [3.63, 3.8) is 0 Å².